The van der Waals surface area contributed by atoms with Crippen molar-refractivity contribution in [3.05, 3.63) is 22.4 Å². The van der Waals surface area contributed by atoms with Gasteiger partial charge in [-0.3, -0.25) is 4.79 Å². The Kier molecular flexibility index (Phi) is 5.39. The summed E-state index contributed by atoms with van der Waals surface area (Å²) in [6.07, 6.45) is 8.68. The van der Waals surface area contributed by atoms with E-state index in [-0.39, 0.29) is 5.91 Å². The van der Waals surface area contributed by atoms with E-state index in [0.717, 1.165) is 29.6 Å². The van der Waals surface area contributed by atoms with Crippen LogP contribution in [0.15, 0.2) is 16.7 Å². The Morgan fingerprint density at radius 2 is 2.37 bits per heavy atom. The Labute approximate surface area is 127 Å². The van der Waals surface area contributed by atoms with Crippen LogP contribution in [0.25, 0.3) is 0 Å². The zero-order chi connectivity index (χ0) is 13.8. The van der Waals surface area contributed by atoms with E-state index in [9.17, 15) is 4.79 Å². The van der Waals surface area contributed by atoms with Gasteiger partial charge in [0.05, 0.1) is 0 Å². The number of nitrogens with zero attached hydrogens (tertiary/aromatic N) is 1. The van der Waals surface area contributed by atoms with Crippen molar-refractivity contribution in [2.24, 2.45) is 0 Å². The molecule has 1 saturated carbocycles. The highest BCUT2D eigenvalue weighted by atomic mass is 79.9. The summed E-state index contributed by atoms with van der Waals surface area (Å²) in [5, 5.41) is 3.78. The van der Waals surface area contributed by atoms with Crippen LogP contribution in [-0.4, -0.2) is 28.0 Å². The zero-order valence-corrected chi connectivity index (χ0v) is 13.9. The lowest BCUT2D eigenvalue weighted by Crippen LogP contribution is -2.39. The summed E-state index contributed by atoms with van der Waals surface area (Å²) in [7, 11) is 0. The van der Waals surface area contributed by atoms with Crippen LogP contribution in [0.1, 0.15) is 43.1 Å². The second kappa shape index (κ2) is 6.84. The number of aryl methyl sites for hydroxylation is 1. The topological polar surface area (TPSA) is 34.0 Å². The maximum absolute atomic E-state index is 12.4. The first-order valence-electron chi connectivity index (χ1n) is 6.85. The van der Waals surface area contributed by atoms with Crippen LogP contribution in [0, 0.1) is 0 Å². The Morgan fingerprint density at radius 3 is 3.05 bits per heavy atom. The summed E-state index contributed by atoms with van der Waals surface area (Å²) in [5.74, 6) is 0.0603. The first kappa shape index (κ1) is 15.0. The summed E-state index contributed by atoms with van der Waals surface area (Å²) in [5.41, 5.74) is 0.764. The maximum Gasteiger partial charge on any atom is 0.268 e. The zero-order valence-electron chi connectivity index (χ0n) is 11.5. The number of halogens is 1. The van der Waals surface area contributed by atoms with E-state index in [0.29, 0.717) is 11.3 Å². The number of carbonyl (C=O) groups is 1. The van der Waals surface area contributed by atoms with Crippen molar-refractivity contribution in [2.45, 2.75) is 50.4 Å². The van der Waals surface area contributed by atoms with E-state index in [1.165, 1.54) is 12.8 Å². The van der Waals surface area contributed by atoms with Gasteiger partial charge in [-0.25, -0.2) is 0 Å². The minimum absolute atomic E-state index is 0.0603. The molecule has 5 heteroatoms. The normalized spacial score (nSPS) is 22.7. The highest BCUT2D eigenvalue weighted by Crippen LogP contribution is 2.28. The molecule has 1 heterocycles. The highest BCUT2D eigenvalue weighted by molar-refractivity contribution is 9.10. The van der Waals surface area contributed by atoms with Crippen LogP contribution < -0.4 is 5.32 Å². The maximum atomic E-state index is 12.4. The van der Waals surface area contributed by atoms with Crippen LogP contribution in [0.4, 0.5) is 0 Å². The molecule has 0 spiro atoms. The highest BCUT2D eigenvalue weighted by Gasteiger charge is 2.28. The second-order valence-electron chi connectivity index (χ2n) is 5.02. The molecule has 106 valence electrons. The van der Waals surface area contributed by atoms with Gasteiger partial charge >= 0.3 is 0 Å². The van der Waals surface area contributed by atoms with Gasteiger partial charge in [0.1, 0.15) is 5.69 Å². The predicted molar refractivity (Wildman–Crippen MR) is 84.8 cm³/mol. The van der Waals surface area contributed by atoms with Crippen molar-refractivity contribution in [1.82, 2.24) is 9.88 Å². The molecule has 1 fully saturated rings. The Morgan fingerprint density at radius 1 is 1.58 bits per heavy atom. The van der Waals surface area contributed by atoms with E-state index in [4.69, 9.17) is 0 Å². The summed E-state index contributed by atoms with van der Waals surface area (Å²) in [4.78, 5) is 12.4. The standard InChI is InChI=1S/C14H21BrN2OS/c1-3-7-17-9-10(15)8-12(17)14(18)16-11-5-4-6-13(11)19-2/h8-9,11,13H,3-7H2,1-2H3,(H,16,18). The third kappa shape index (κ3) is 3.57. The number of nitrogens with one attached hydrogen (secondary N) is 1. The molecule has 19 heavy (non-hydrogen) atoms. The molecule has 0 aromatic carbocycles. The number of hydrogen-bond donors (Lipinski definition) is 1. The number of thioether (sulfide) groups is 1. The van der Waals surface area contributed by atoms with Crippen LogP contribution in [0.2, 0.25) is 0 Å². The molecule has 1 aliphatic carbocycles. The molecule has 1 aromatic heterocycles. The van der Waals surface area contributed by atoms with Crippen molar-refractivity contribution in [1.29, 1.82) is 0 Å². The molecule has 1 amide bonds. The fourth-order valence-corrected chi connectivity index (χ4v) is 4.11. The molecule has 3 nitrogen and oxygen atoms in total. The number of amides is 1. The predicted octanol–water partition coefficient (Wildman–Crippen LogP) is 3.67. The van der Waals surface area contributed by atoms with E-state index < -0.39 is 0 Å². The first-order valence-corrected chi connectivity index (χ1v) is 8.93. The number of rotatable bonds is 5. The molecule has 0 saturated heterocycles. The van der Waals surface area contributed by atoms with Crippen LogP contribution >= 0.6 is 27.7 Å². The van der Waals surface area contributed by atoms with E-state index >= 15 is 0 Å². The van der Waals surface area contributed by atoms with Gasteiger partial charge in [-0.15, -0.1) is 0 Å². The first-order chi connectivity index (χ1) is 9.15. The molecular weight excluding hydrogens is 324 g/mol. The fraction of sp³-hybridized carbons (Fsp3) is 0.643. The lowest BCUT2D eigenvalue weighted by atomic mass is 10.2. The van der Waals surface area contributed by atoms with Gasteiger partial charge in [0.2, 0.25) is 0 Å². The number of carbonyl (C=O) groups excluding carboxylic acids is 1. The lowest BCUT2D eigenvalue weighted by Gasteiger charge is -2.19. The molecule has 1 aromatic rings. The number of hydrogen-bond acceptors (Lipinski definition) is 2. The van der Waals surface area contributed by atoms with Gasteiger partial charge in [0.15, 0.2) is 0 Å². The van der Waals surface area contributed by atoms with Gasteiger partial charge in [-0.1, -0.05) is 13.3 Å². The molecule has 1 aliphatic rings. The Bertz CT molecular complexity index is 447. The molecule has 0 aliphatic heterocycles. The third-order valence-electron chi connectivity index (χ3n) is 3.63. The average molecular weight is 345 g/mol. The molecule has 1 N–H and O–H groups in total. The fourth-order valence-electron chi connectivity index (χ4n) is 2.71. The molecule has 2 atom stereocenters. The molecule has 2 rings (SSSR count). The molecule has 2 unspecified atom stereocenters. The monoisotopic (exact) mass is 344 g/mol. The van der Waals surface area contributed by atoms with E-state index in [1.807, 2.05) is 28.6 Å². The van der Waals surface area contributed by atoms with Gasteiger partial charge in [0, 0.05) is 28.5 Å². The van der Waals surface area contributed by atoms with Gasteiger partial charge < -0.3 is 9.88 Å². The largest absolute Gasteiger partial charge is 0.347 e. The Balaban J connectivity index is 2.07. The summed E-state index contributed by atoms with van der Waals surface area (Å²) in [6, 6.07) is 2.24. The third-order valence-corrected chi connectivity index (χ3v) is 5.24. The number of aromatic nitrogens is 1. The van der Waals surface area contributed by atoms with Crippen molar-refractivity contribution in [3.63, 3.8) is 0 Å². The van der Waals surface area contributed by atoms with E-state index in [1.54, 1.807) is 0 Å². The molecule has 0 bridgehead atoms. The minimum Gasteiger partial charge on any atom is -0.347 e. The van der Waals surface area contributed by atoms with Gasteiger partial charge in [-0.2, -0.15) is 11.8 Å². The minimum atomic E-state index is 0.0603. The van der Waals surface area contributed by atoms with Crippen molar-refractivity contribution >= 4 is 33.6 Å². The van der Waals surface area contributed by atoms with Crippen LogP contribution in [0.3, 0.4) is 0 Å². The van der Waals surface area contributed by atoms with Crippen molar-refractivity contribution < 1.29 is 4.79 Å². The molecular formula is C14H21BrN2OS. The SMILES string of the molecule is CCCn1cc(Br)cc1C(=O)NC1CCCC1SC. The van der Waals surface area contributed by atoms with Crippen molar-refractivity contribution in [2.75, 3.05) is 6.26 Å². The lowest BCUT2D eigenvalue weighted by molar-refractivity contribution is 0.0929. The Hall–Kier alpha value is -0.420. The summed E-state index contributed by atoms with van der Waals surface area (Å²) < 4.78 is 3.00. The quantitative estimate of drug-likeness (QED) is 0.883. The smallest absolute Gasteiger partial charge is 0.268 e. The van der Waals surface area contributed by atoms with Crippen molar-refractivity contribution in [3.8, 4) is 0 Å². The summed E-state index contributed by atoms with van der Waals surface area (Å²) in [6.45, 7) is 3.00. The van der Waals surface area contributed by atoms with Gasteiger partial charge in [0.25, 0.3) is 5.91 Å². The van der Waals surface area contributed by atoms with Crippen LogP contribution in [-0.2, 0) is 6.54 Å². The second-order valence-corrected chi connectivity index (χ2v) is 7.01. The molecule has 0 radical (unpaired) electrons. The van der Waals surface area contributed by atoms with Crippen LogP contribution in [0.5, 0.6) is 0 Å². The van der Waals surface area contributed by atoms with E-state index in [2.05, 4.69) is 34.4 Å². The summed E-state index contributed by atoms with van der Waals surface area (Å²) >= 11 is 5.32. The average Bonchev–Trinajstić information content (AvgIpc) is 2.96. The van der Waals surface area contributed by atoms with Gasteiger partial charge in [-0.05, 0) is 47.5 Å².